The van der Waals surface area contributed by atoms with Gasteiger partial charge in [0.1, 0.15) is 11.0 Å². The van der Waals surface area contributed by atoms with Crippen LogP contribution in [0.1, 0.15) is 23.0 Å². The molecule has 90 valence electrons. The van der Waals surface area contributed by atoms with Gasteiger partial charge in [0.05, 0.1) is 5.39 Å². The summed E-state index contributed by atoms with van der Waals surface area (Å²) in [4.78, 5) is 23.4. The number of para-hydroxylation sites is 1. The molecule has 0 fully saturated rings. The van der Waals surface area contributed by atoms with Crippen LogP contribution >= 0.6 is 0 Å². The molecule has 0 amide bonds. The number of ketones is 1. The van der Waals surface area contributed by atoms with E-state index in [1.165, 1.54) is 6.92 Å². The molecule has 2 heterocycles. The lowest BCUT2D eigenvalue weighted by atomic mass is 10.1. The molecule has 0 N–H and O–H groups in total. The van der Waals surface area contributed by atoms with Crippen molar-refractivity contribution in [3.63, 3.8) is 0 Å². The van der Waals surface area contributed by atoms with Crippen molar-refractivity contribution in [3.8, 4) is 0 Å². The number of carbonyl (C=O) groups is 1. The predicted octanol–water partition coefficient (Wildman–Crippen LogP) is 3.05. The molecule has 0 aliphatic carbocycles. The molecule has 3 rings (SSSR count). The Morgan fingerprint density at radius 3 is 2.61 bits per heavy atom. The number of hydrogen-bond acceptors (Lipinski definition) is 4. The molecule has 0 saturated heterocycles. The van der Waals surface area contributed by atoms with Gasteiger partial charge in [0.15, 0.2) is 17.1 Å². The summed E-state index contributed by atoms with van der Waals surface area (Å²) in [5.74, 6) is 0.0147. The first kappa shape index (κ1) is 10.8. The third-order valence-corrected chi connectivity index (χ3v) is 3.01. The summed E-state index contributed by atoms with van der Waals surface area (Å²) < 4.78 is 10.8. The number of carbonyl (C=O) groups excluding carboxylic acids is 1. The molecule has 4 nitrogen and oxygen atoms in total. The molecule has 0 spiro atoms. The summed E-state index contributed by atoms with van der Waals surface area (Å²) in [6.45, 7) is 3.10. The van der Waals surface area contributed by atoms with Crippen molar-refractivity contribution in [2.24, 2.45) is 0 Å². The van der Waals surface area contributed by atoms with Crippen LogP contribution in [0.5, 0.6) is 0 Å². The zero-order chi connectivity index (χ0) is 12.9. The van der Waals surface area contributed by atoms with E-state index in [0.29, 0.717) is 27.5 Å². The van der Waals surface area contributed by atoms with Crippen LogP contribution in [-0.4, -0.2) is 5.78 Å². The maximum Gasteiger partial charge on any atom is 0.347 e. The highest BCUT2D eigenvalue weighted by molar-refractivity contribution is 6.06. The van der Waals surface area contributed by atoms with Crippen molar-refractivity contribution in [2.75, 3.05) is 0 Å². The topological polar surface area (TPSA) is 60.4 Å². The van der Waals surface area contributed by atoms with Gasteiger partial charge in [-0.05, 0) is 19.1 Å². The zero-order valence-electron chi connectivity index (χ0n) is 9.94. The van der Waals surface area contributed by atoms with Crippen LogP contribution in [0.25, 0.3) is 21.9 Å². The first-order chi connectivity index (χ1) is 8.59. The lowest BCUT2D eigenvalue weighted by molar-refractivity contribution is 0.0988. The lowest BCUT2D eigenvalue weighted by Gasteiger charge is -1.95. The third-order valence-electron chi connectivity index (χ3n) is 3.01. The van der Waals surface area contributed by atoms with Gasteiger partial charge >= 0.3 is 5.63 Å². The number of aryl methyl sites for hydroxylation is 1. The smallest absolute Gasteiger partial charge is 0.347 e. The average Bonchev–Trinajstić information content (AvgIpc) is 2.68. The van der Waals surface area contributed by atoms with Gasteiger partial charge in [-0.3, -0.25) is 4.79 Å². The monoisotopic (exact) mass is 242 g/mol. The minimum atomic E-state index is -0.475. The van der Waals surface area contributed by atoms with E-state index in [1.54, 1.807) is 25.1 Å². The Bertz CT molecular complexity index is 836. The summed E-state index contributed by atoms with van der Waals surface area (Å²) in [6, 6.07) is 7.10. The van der Waals surface area contributed by atoms with E-state index < -0.39 is 5.63 Å². The van der Waals surface area contributed by atoms with Crippen molar-refractivity contribution in [3.05, 3.63) is 46.0 Å². The Morgan fingerprint density at radius 1 is 1.17 bits per heavy atom. The van der Waals surface area contributed by atoms with Crippen LogP contribution < -0.4 is 5.63 Å². The minimum absolute atomic E-state index is 0.202. The summed E-state index contributed by atoms with van der Waals surface area (Å²) in [7, 11) is 0. The maximum absolute atomic E-state index is 11.9. The molecule has 0 radical (unpaired) electrons. The summed E-state index contributed by atoms with van der Waals surface area (Å²) in [6.07, 6.45) is 0. The highest BCUT2D eigenvalue weighted by Crippen LogP contribution is 2.29. The molecule has 1 aromatic carbocycles. The summed E-state index contributed by atoms with van der Waals surface area (Å²) >= 11 is 0. The molecular formula is C14H10O4. The van der Waals surface area contributed by atoms with E-state index in [0.717, 1.165) is 0 Å². The molecular weight excluding hydrogens is 232 g/mol. The fourth-order valence-electron chi connectivity index (χ4n) is 2.18. The summed E-state index contributed by atoms with van der Waals surface area (Å²) in [5.41, 5.74) is 0.942. The third kappa shape index (κ3) is 1.32. The first-order valence-electron chi connectivity index (χ1n) is 5.55. The van der Waals surface area contributed by atoms with E-state index in [1.807, 2.05) is 6.07 Å². The predicted molar refractivity (Wildman–Crippen MR) is 67.0 cm³/mol. The van der Waals surface area contributed by atoms with E-state index >= 15 is 0 Å². The van der Waals surface area contributed by atoms with Gasteiger partial charge in [-0.15, -0.1) is 0 Å². The van der Waals surface area contributed by atoms with Gasteiger partial charge in [-0.2, -0.15) is 0 Å². The molecule has 0 bridgehead atoms. The van der Waals surface area contributed by atoms with Crippen molar-refractivity contribution in [1.29, 1.82) is 0 Å². The van der Waals surface area contributed by atoms with Crippen molar-refractivity contribution >= 4 is 27.7 Å². The molecule has 18 heavy (non-hydrogen) atoms. The number of benzene rings is 1. The maximum atomic E-state index is 11.9. The first-order valence-corrected chi connectivity index (χ1v) is 5.55. The number of fused-ring (bicyclic) bond motifs is 3. The van der Waals surface area contributed by atoms with Gasteiger partial charge < -0.3 is 8.83 Å². The minimum Gasteiger partial charge on any atom is -0.452 e. The van der Waals surface area contributed by atoms with Crippen LogP contribution in [0.4, 0.5) is 0 Å². The van der Waals surface area contributed by atoms with E-state index in [4.69, 9.17) is 8.83 Å². The number of furan rings is 1. The van der Waals surface area contributed by atoms with Gasteiger partial charge in [0, 0.05) is 12.5 Å². The quantitative estimate of drug-likeness (QED) is 0.486. The Balaban J connectivity index is 2.62. The second-order valence-electron chi connectivity index (χ2n) is 4.20. The highest BCUT2D eigenvalue weighted by Gasteiger charge is 2.19. The number of rotatable bonds is 1. The van der Waals surface area contributed by atoms with Gasteiger partial charge in [0.25, 0.3) is 0 Å². The molecule has 4 heteroatoms. The van der Waals surface area contributed by atoms with Crippen molar-refractivity contribution < 1.29 is 13.6 Å². The second-order valence-corrected chi connectivity index (χ2v) is 4.20. The highest BCUT2D eigenvalue weighted by atomic mass is 16.4. The lowest BCUT2D eigenvalue weighted by Crippen LogP contribution is -2.00. The van der Waals surface area contributed by atoms with Crippen molar-refractivity contribution in [1.82, 2.24) is 0 Å². The van der Waals surface area contributed by atoms with Crippen LogP contribution in [-0.2, 0) is 0 Å². The van der Waals surface area contributed by atoms with Crippen LogP contribution in [0.15, 0.2) is 37.9 Å². The van der Waals surface area contributed by atoms with Gasteiger partial charge in [-0.25, -0.2) is 4.79 Å². The normalized spacial score (nSPS) is 11.2. The molecule has 0 unspecified atom stereocenters. The van der Waals surface area contributed by atoms with Crippen LogP contribution in [0.2, 0.25) is 0 Å². The molecule has 0 atom stereocenters. The molecule has 0 aliphatic heterocycles. The Kier molecular flexibility index (Phi) is 2.13. The standard InChI is InChI=1S/C14H10O4/c1-7-11-13(18-12(7)8(2)15)9-5-3-4-6-10(9)17-14(11)16/h3-6H,1-2H3. The molecule has 3 aromatic rings. The fourth-order valence-corrected chi connectivity index (χ4v) is 2.18. The zero-order valence-corrected chi connectivity index (χ0v) is 9.94. The largest absolute Gasteiger partial charge is 0.452 e. The molecule has 0 saturated carbocycles. The van der Waals surface area contributed by atoms with Crippen LogP contribution in [0.3, 0.4) is 0 Å². The fraction of sp³-hybridized carbons (Fsp3) is 0.143. The number of hydrogen-bond donors (Lipinski definition) is 0. The SMILES string of the molecule is CC(=O)c1oc2c(c1C)c(=O)oc1ccccc12. The van der Waals surface area contributed by atoms with Crippen molar-refractivity contribution in [2.45, 2.75) is 13.8 Å². The molecule has 2 aromatic heterocycles. The van der Waals surface area contributed by atoms with Gasteiger partial charge in [0.2, 0.25) is 0 Å². The van der Waals surface area contributed by atoms with E-state index in [9.17, 15) is 9.59 Å². The molecule has 0 aliphatic rings. The Labute approximate surface area is 102 Å². The summed E-state index contributed by atoms with van der Waals surface area (Å²) in [5, 5.41) is 1.04. The van der Waals surface area contributed by atoms with Gasteiger partial charge in [-0.1, -0.05) is 12.1 Å². The Hall–Kier alpha value is -2.36. The van der Waals surface area contributed by atoms with Crippen LogP contribution in [0, 0.1) is 6.92 Å². The Morgan fingerprint density at radius 2 is 1.89 bits per heavy atom. The average molecular weight is 242 g/mol. The van der Waals surface area contributed by atoms with E-state index in [-0.39, 0.29) is 11.5 Å². The van der Waals surface area contributed by atoms with E-state index in [2.05, 4.69) is 0 Å². The second kappa shape index (κ2) is 3.57. The number of Topliss-reactive ketones (excluding diaryl/α,β-unsaturated/α-hetero) is 1.